The summed E-state index contributed by atoms with van der Waals surface area (Å²) in [6.07, 6.45) is 1.34. The lowest BCUT2D eigenvalue weighted by atomic mass is 10.1. The van der Waals surface area contributed by atoms with Crippen LogP contribution in [0, 0.1) is 22.7 Å². The molecule has 0 unspecified atom stereocenters. The highest BCUT2D eigenvalue weighted by molar-refractivity contribution is 9.10. The van der Waals surface area contributed by atoms with Crippen LogP contribution in [0.1, 0.15) is 15.9 Å². The van der Waals surface area contributed by atoms with Crippen LogP contribution in [0.5, 0.6) is 0 Å². The Balaban J connectivity index is 3.41. The number of ether oxygens (including phenoxy) is 1. The van der Waals surface area contributed by atoms with Gasteiger partial charge in [-0.25, -0.2) is 4.79 Å². The fourth-order valence-electron chi connectivity index (χ4n) is 1.22. The molecule has 4 nitrogen and oxygen atoms in total. The third-order valence-electron chi connectivity index (χ3n) is 1.98. The van der Waals surface area contributed by atoms with Gasteiger partial charge in [0.1, 0.15) is 17.7 Å². The Labute approximate surface area is 107 Å². The zero-order valence-corrected chi connectivity index (χ0v) is 10.5. The quantitative estimate of drug-likeness (QED) is 0.620. The van der Waals surface area contributed by atoms with Gasteiger partial charge in [0, 0.05) is 4.47 Å². The van der Waals surface area contributed by atoms with Crippen molar-refractivity contribution in [2.24, 2.45) is 0 Å². The molecule has 17 heavy (non-hydrogen) atoms. The number of nitrogens with zero attached hydrogens (tertiary/aromatic N) is 2. The molecular formula is C12H7BrN2O2. The first kappa shape index (κ1) is 13.0. The number of esters is 1. The third kappa shape index (κ3) is 2.93. The summed E-state index contributed by atoms with van der Waals surface area (Å²) in [5.41, 5.74) is 0.676. The maximum atomic E-state index is 11.6. The molecule has 1 rings (SSSR count). The summed E-state index contributed by atoms with van der Waals surface area (Å²) >= 11 is 3.23. The van der Waals surface area contributed by atoms with Crippen LogP contribution in [0.25, 0.3) is 6.08 Å². The van der Waals surface area contributed by atoms with E-state index >= 15 is 0 Å². The standard InChI is InChI=1S/C12H7BrN2O2/c1-17-12(16)11-9(3-2-4-10(11)13)5-8(6-14)7-15/h2-5H,1H3. The normalized spacial score (nSPS) is 8.71. The molecule has 0 aliphatic rings. The lowest BCUT2D eigenvalue weighted by molar-refractivity contribution is 0.0599. The third-order valence-corrected chi connectivity index (χ3v) is 2.64. The Morgan fingerprint density at radius 1 is 1.41 bits per heavy atom. The second-order valence-corrected chi connectivity index (χ2v) is 3.83. The van der Waals surface area contributed by atoms with Crippen LogP contribution in [-0.4, -0.2) is 13.1 Å². The van der Waals surface area contributed by atoms with E-state index in [9.17, 15) is 4.79 Å². The van der Waals surface area contributed by atoms with Crippen LogP contribution >= 0.6 is 15.9 Å². The minimum Gasteiger partial charge on any atom is -0.465 e. The molecule has 0 amide bonds. The van der Waals surface area contributed by atoms with E-state index in [0.29, 0.717) is 10.0 Å². The molecule has 0 heterocycles. The lowest BCUT2D eigenvalue weighted by Gasteiger charge is -2.06. The Morgan fingerprint density at radius 2 is 2.06 bits per heavy atom. The maximum Gasteiger partial charge on any atom is 0.339 e. The monoisotopic (exact) mass is 290 g/mol. The molecule has 0 bridgehead atoms. The number of halogens is 1. The molecule has 0 saturated heterocycles. The number of nitriles is 2. The van der Waals surface area contributed by atoms with Crippen molar-refractivity contribution in [1.29, 1.82) is 10.5 Å². The fourth-order valence-corrected chi connectivity index (χ4v) is 1.77. The van der Waals surface area contributed by atoms with E-state index in [1.165, 1.54) is 13.2 Å². The molecular weight excluding hydrogens is 284 g/mol. The molecule has 0 aliphatic carbocycles. The SMILES string of the molecule is COC(=O)c1c(Br)cccc1C=C(C#N)C#N. The van der Waals surface area contributed by atoms with Crippen molar-refractivity contribution in [2.45, 2.75) is 0 Å². The van der Waals surface area contributed by atoms with Gasteiger partial charge in [-0.2, -0.15) is 10.5 Å². The minimum absolute atomic E-state index is 0.0757. The van der Waals surface area contributed by atoms with E-state index in [4.69, 9.17) is 10.5 Å². The number of carbonyl (C=O) groups excluding carboxylic acids is 1. The van der Waals surface area contributed by atoms with E-state index < -0.39 is 5.97 Å². The Bertz CT molecular complexity index is 549. The highest BCUT2D eigenvalue weighted by Crippen LogP contribution is 2.23. The minimum atomic E-state index is -0.529. The van der Waals surface area contributed by atoms with E-state index in [1.54, 1.807) is 30.3 Å². The predicted octanol–water partition coefficient (Wildman–Crippen LogP) is 2.67. The molecule has 0 aromatic heterocycles. The molecule has 0 N–H and O–H groups in total. The van der Waals surface area contributed by atoms with Gasteiger partial charge in [0.05, 0.1) is 12.7 Å². The number of rotatable bonds is 2. The Hall–Kier alpha value is -2.11. The van der Waals surface area contributed by atoms with Gasteiger partial charge in [0.15, 0.2) is 0 Å². The van der Waals surface area contributed by atoms with Crippen LogP contribution in [0.2, 0.25) is 0 Å². The summed E-state index contributed by atoms with van der Waals surface area (Å²) in [5, 5.41) is 17.3. The van der Waals surface area contributed by atoms with Gasteiger partial charge in [0.2, 0.25) is 0 Å². The first-order chi connectivity index (χ1) is 8.13. The number of carbonyl (C=O) groups is 1. The summed E-state index contributed by atoms with van der Waals surface area (Å²) in [5.74, 6) is -0.529. The number of hydrogen-bond donors (Lipinski definition) is 0. The number of allylic oxidation sites excluding steroid dienone is 1. The highest BCUT2D eigenvalue weighted by Gasteiger charge is 2.14. The van der Waals surface area contributed by atoms with Crippen molar-refractivity contribution < 1.29 is 9.53 Å². The summed E-state index contributed by atoms with van der Waals surface area (Å²) < 4.78 is 5.19. The van der Waals surface area contributed by atoms with Crippen LogP contribution in [-0.2, 0) is 4.74 Å². The van der Waals surface area contributed by atoms with Crippen molar-refractivity contribution in [1.82, 2.24) is 0 Å². The molecule has 84 valence electrons. The van der Waals surface area contributed by atoms with E-state index in [1.807, 2.05) is 0 Å². The first-order valence-electron chi connectivity index (χ1n) is 4.52. The molecule has 5 heteroatoms. The van der Waals surface area contributed by atoms with Gasteiger partial charge in [-0.1, -0.05) is 12.1 Å². The molecule has 0 spiro atoms. The van der Waals surface area contributed by atoms with Crippen LogP contribution in [0.15, 0.2) is 28.2 Å². The first-order valence-corrected chi connectivity index (χ1v) is 5.32. The average molecular weight is 291 g/mol. The van der Waals surface area contributed by atoms with Crippen molar-refractivity contribution in [3.8, 4) is 12.1 Å². The second kappa shape index (κ2) is 5.83. The Morgan fingerprint density at radius 3 is 2.59 bits per heavy atom. The zero-order valence-electron chi connectivity index (χ0n) is 8.90. The van der Waals surface area contributed by atoms with Gasteiger partial charge in [-0.3, -0.25) is 0 Å². The molecule has 1 aromatic rings. The van der Waals surface area contributed by atoms with Crippen molar-refractivity contribution >= 4 is 28.0 Å². The Kier molecular flexibility index (Phi) is 4.45. The number of hydrogen-bond acceptors (Lipinski definition) is 4. The van der Waals surface area contributed by atoms with Gasteiger partial charge in [-0.05, 0) is 33.6 Å². The number of methoxy groups -OCH3 is 1. The van der Waals surface area contributed by atoms with Gasteiger partial charge >= 0.3 is 5.97 Å². The van der Waals surface area contributed by atoms with Crippen molar-refractivity contribution in [3.05, 3.63) is 39.4 Å². The summed E-state index contributed by atoms with van der Waals surface area (Å²) in [7, 11) is 1.27. The summed E-state index contributed by atoms with van der Waals surface area (Å²) in [6, 6.07) is 8.49. The maximum absolute atomic E-state index is 11.6. The largest absolute Gasteiger partial charge is 0.465 e. The molecule has 0 radical (unpaired) electrons. The zero-order chi connectivity index (χ0) is 12.8. The fraction of sp³-hybridized carbons (Fsp3) is 0.0833. The molecule has 1 aromatic carbocycles. The van der Waals surface area contributed by atoms with Gasteiger partial charge in [-0.15, -0.1) is 0 Å². The molecule has 0 fully saturated rings. The van der Waals surface area contributed by atoms with Gasteiger partial charge in [0.25, 0.3) is 0 Å². The van der Waals surface area contributed by atoms with Crippen molar-refractivity contribution in [3.63, 3.8) is 0 Å². The van der Waals surface area contributed by atoms with Gasteiger partial charge < -0.3 is 4.74 Å². The summed E-state index contributed by atoms with van der Waals surface area (Å²) in [4.78, 5) is 11.6. The van der Waals surface area contributed by atoms with Crippen molar-refractivity contribution in [2.75, 3.05) is 7.11 Å². The average Bonchev–Trinajstić information content (AvgIpc) is 2.35. The molecule has 0 aliphatic heterocycles. The second-order valence-electron chi connectivity index (χ2n) is 2.98. The van der Waals surface area contributed by atoms with E-state index in [0.717, 1.165) is 0 Å². The lowest BCUT2D eigenvalue weighted by Crippen LogP contribution is -2.04. The summed E-state index contributed by atoms with van der Waals surface area (Å²) in [6.45, 7) is 0. The number of benzene rings is 1. The smallest absolute Gasteiger partial charge is 0.339 e. The van der Waals surface area contributed by atoms with Crippen LogP contribution in [0.3, 0.4) is 0 Å². The predicted molar refractivity (Wildman–Crippen MR) is 64.7 cm³/mol. The highest BCUT2D eigenvalue weighted by atomic mass is 79.9. The topological polar surface area (TPSA) is 73.9 Å². The molecule has 0 atom stereocenters. The molecule has 0 saturated carbocycles. The van der Waals surface area contributed by atoms with E-state index in [-0.39, 0.29) is 11.1 Å². The van der Waals surface area contributed by atoms with E-state index in [2.05, 4.69) is 20.7 Å². The van der Waals surface area contributed by atoms with Crippen LogP contribution < -0.4 is 0 Å². The van der Waals surface area contributed by atoms with Crippen LogP contribution in [0.4, 0.5) is 0 Å².